The molecule has 0 radical (unpaired) electrons. The van der Waals surface area contributed by atoms with Crippen LogP contribution in [0.1, 0.15) is 33.9 Å². The maximum Gasteiger partial charge on any atom is 0.359 e. The third-order valence-corrected chi connectivity index (χ3v) is 4.27. The summed E-state index contributed by atoms with van der Waals surface area (Å²) in [6, 6.07) is 11.5. The number of pyridine rings is 1. The summed E-state index contributed by atoms with van der Waals surface area (Å²) in [4.78, 5) is 16.6. The molecule has 5 nitrogen and oxygen atoms in total. The Morgan fingerprint density at radius 1 is 1.16 bits per heavy atom. The standard InChI is InChI=1S/C19H16FN3O2/c20-13-7-9-15(10-8-13)23-17-6-3-5-16(17)18(22-23)19(24)25-12-14-4-1-2-11-21-14/h1-2,4,7-11H,3,5-6,12H2. The Hall–Kier alpha value is -3.02. The number of hydrogen-bond acceptors (Lipinski definition) is 4. The van der Waals surface area contributed by atoms with Gasteiger partial charge in [-0.15, -0.1) is 0 Å². The van der Waals surface area contributed by atoms with Crippen LogP contribution in [-0.2, 0) is 24.2 Å². The number of benzene rings is 1. The summed E-state index contributed by atoms with van der Waals surface area (Å²) in [5.41, 5.74) is 3.69. The van der Waals surface area contributed by atoms with E-state index >= 15 is 0 Å². The Labute approximate surface area is 144 Å². The zero-order valence-corrected chi connectivity index (χ0v) is 13.5. The van der Waals surface area contributed by atoms with Crippen molar-refractivity contribution < 1.29 is 13.9 Å². The average Bonchev–Trinajstić information content (AvgIpc) is 3.24. The molecule has 0 saturated heterocycles. The molecule has 126 valence electrons. The Bertz CT molecular complexity index is 904. The topological polar surface area (TPSA) is 57.0 Å². The number of hydrogen-bond donors (Lipinski definition) is 0. The average molecular weight is 337 g/mol. The number of fused-ring (bicyclic) bond motifs is 1. The van der Waals surface area contributed by atoms with E-state index in [4.69, 9.17) is 4.74 Å². The number of carbonyl (C=O) groups excluding carboxylic acids is 1. The van der Waals surface area contributed by atoms with Gasteiger partial charge in [0.2, 0.25) is 0 Å². The molecule has 3 aromatic rings. The predicted octanol–water partition coefficient (Wildman–Crippen LogP) is 3.25. The number of esters is 1. The molecular formula is C19H16FN3O2. The third-order valence-electron chi connectivity index (χ3n) is 4.27. The first-order valence-electron chi connectivity index (χ1n) is 8.16. The maximum absolute atomic E-state index is 13.2. The van der Waals surface area contributed by atoms with Gasteiger partial charge in [0.1, 0.15) is 12.4 Å². The van der Waals surface area contributed by atoms with Crippen LogP contribution in [-0.4, -0.2) is 20.7 Å². The van der Waals surface area contributed by atoms with Crippen molar-refractivity contribution in [2.24, 2.45) is 0 Å². The van der Waals surface area contributed by atoms with Crippen LogP contribution in [0.3, 0.4) is 0 Å². The van der Waals surface area contributed by atoms with Crippen LogP contribution in [0.15, 0.2) is 48.7 Å². The third kappa shape index (κ3) is 3.03. The summed E-state index contributed by atoms with van der Waals surface area (Å²) in [5.74, 6) is -0.757. The van der Waals surface area contributed by atoms with Crippen LogP contribution in [0, 0.1) is 5.82 Å². The Morgan fingerprint density at radius 2 is 2.00 bits per heavy atom. The second kappa shape index (κ2) is 6.47. The van der Waals surface area contributed by atoms with E-state index in [1.807, 2.05) is 12.1 Å². The number of carbonyl (C=O) groups is 1. The summed E-state index contributed by atoms with van der Waals surface area (Å²) in [6.45, 7) is 0.109. The van der Waals surface area contributed by atoms with Crippen molar-refractivity contribution in [2.45, 2.75) is 25.9 Å². The van der Waals surface area contributed by atoms with Crippen molar-refractivity contribution in [2.75, 3.05) is 0 Å². The molecule has 0 amide bonds. The lowest BCUT2D eigenvalue weighted by Gasteiger charge is -2.05. The number of halogens is 1. The molecule has 25 heavy (non-hydrogen) atoms. The lowest BCUT2D eigenvalue weighted by molar-refractivity contribution is 0.0459. The lowest BCUT2D eigenvalue weighted by Crippen LogP contribution is -2.10. The fourth-order valence-corrected chi connectivity index (χ4v) is 3.09. The second-order valence-electron chi connectivity index (χ2n) is 5.91. The smallest absolute Gasteiger partial charge is 0.359 e. The predicted molar refractivity (Wildman–Crippen MR) is 88.9 cm³/mol. The van der Waals surface area contributed by atoms with E-state index in [0.717, 1.165) is 36.2 Å². The van der Waals surface area contributed by atoms with Gasteiger partial charge in [0.15, 0.2) is 5.69 Å². The molecule has 1 aliphatic carbocycles. The van der Waals surface area contributed by atoms with Gasteiger partial charge in [-0.2, -0.15) is 5.10 Å². The van der Waals surface area contributed by atoms with Crippen LogP contribution in [0.2, 0.25) is 0 Å². The Kier molecular flexibility index (Phi) is 4.01. The molecule has 0 bridgehead atoms. The molecule has 0 spiro atoms. The van der Waals surface area contributed by atoms with E-state index < -0.39 is 5.97 Å². The highest BCUT2D eigenvalue weighted by Crippen LogP contribution is 2.28. The minimum absolute atomic E-state index is 0.109. The van der Waals surface area contributed by atoms with Crippen molar-refractivity contribution in [3.63, 3.8) is 0 Å². The molecule has 2 aromatic heterocycles. The van der Waals surface area contributed by atoms with Gasteiger partial charge in [0.05, 0.1) is 11.4 Å². The van der Waals surface area contributed by atoms with E-state index in [1.165, 1.54) is 12.1 Å². The summed E-state index contributed by atoms with van der Waals surface area (Å²) in [7, 11) is 0. The van der Waals surface area contributed by atoms with E-state index in [2.05, 4.69) is 10.1 Å². The molecule has 2 heterocycles. The second-order valence-corrected chi connectivity index (χ2v) is 5.91. The molecule has 0 atom stereocenters. The molecule has 6 heteroatoms. The van der Waals surface area contributed by atoms with E-state index in [1.54, 1.807) is 29.1 Å². The van der Waals surface area contributed by atoms with Gasteiger partial charge in [-0.25, -0.2) is 13.9 Å². The molecule has 0 fully saturated rings. The fraction of sp³-hybridized carbons (Fsp3) is 0.211. The van der Waals surface area contributed by atoms with Gasteiger partial charge in [-0.3, -0.25) is 4.98 Å². The zero-order valence-electron chi connectivity index (χ0n) is 13.5. The molecule has 4 rings (SSSR count). The van der Waals surface area contributed by atoms with Crippen LogP contribution in [0.4, 0.5) is 4.39 Å². The first-order valence-corrected chi connectivity index (χ1v) is 8.16. The molecule has 0 saturated carbocycles. The molecular weight excluding hydrogens is 321 g/mol. The van der Waals surface area contributed by atoms with Crippen LogP contribution < -0.4 is 0 Å². The zero-order chi connectivity index (χ0) is 17.2. The van der Waals surface area contributed by atoms with Crippen molar-refractivity contribution in [1.82, 2.24) is 14.8 Å². The van der Waals surface area contributed by atoms with Crippen molar-refractivity contribution in [1.29, 1.82) is 0 Å². The molecule has 0 aliphatic heterocycles. The Morgan fingerprint density at radius 3 is 2.76 bits per heavy atom. The summed E-state index contributed by atoms with van der Waals surface area (Å²) >= 11 is 0. The van der Waals surface area contributed by atoms with Crippen LogP contribution >= 0.6 is 0 Å². The minimum atomic E-state index is -0.454. The molecule has 1 aromatic carbocycles. The van der Waals surface area contributed by atoms with E-state index in [-0.39, 0.29) is 12.4 Å². The lowest BCUT2D eigenvalue weighted by atomic mass is 10.2. The SMILES string of the molecule is O=C(OCc1ccccn1)c1nn(-c2ccc(F)cc2)c2c1CCC2. The summed E-state index contributed by atoms with van der Waals surface area (Å²) in [6.07, 6.45) is 4.26. The summed E-state index contributed by atoms with van der Waals surface area (Å²) < 4.78 is 20.3. The monoisotopic (exact) mass is 337 g/mol. The highest BCUT2D eigenvalue weighted by Gasteiger charge is 2.27. The van der Waals surface area contributed by atoms with Gasteiger partial charge < -0.3 is 4.74 Å². The number of rotatable bonds is 4. The van der Waals surface area contributed by atoms with Crippen molar-refractivity contribution in [3.05, 3.63) is 77.1 Å². The van der Waals surface area contributed by atoms with Crippen molar-refractivity contribution >= 4 is 5.97 Å². The molecule has 1 aliphatic rings. The van der Waals surface area contributed by atoms with E-state index in [9.17, 15) is 9.18 Å². The normalized spacial score (nSPS) is 12.8. The van der Waals surface area contributed by atoms with Gasteiger partial charge in [-0.1, -0.05) is 6.07 Å². The summed E-state index contributed by atoms with van der Waals surface area (Å²) in [5, 5.41) is 4.44. The number of ether oxygens (including phenoxy) is 1. The van der Waals surface area contributed by atoms with Gasteiger partial charge in [0, 0.05) is 17.5 Å². The van der Waals surface area contributed by atoms with Gasteiger partial charge in [0.25, 0.3) is 0 Å². The number of nitrogens with zero attached hydrogens (tertiary/aromatic N) is 3. The van der Waals surface area contributed by atoms with Gasteiger partial charge in [-0.05, 0) is 55.7 Å². The molecule has 0 unspecified atom stereocenters. The molecule has 0 N–H and O–H groups in total. The first-order chi connectivity index (χ1) is 12.2. The van der Waals surface area contributed by atoms with Crippen LogP contribution in [0.5, 0.6) is 0 Å². The largest absolute Gasteiger partial charge is 0.454 e. The fourth-order valence-electron chi connectivity index (χ4n) is 3.09. The van der Waals surface area contributed by atoms with Crippen LogP contribution in [0.25, 0.3) is 5.69 Å². The number of aromatic nitrogens is 3. The highest BCUT2D eigenvalue weighted by molar-refractivity contribution is 5.89. The first kappa shape index (κ1) is 15.5. The van der Waals surface area contributed by atoms with Crippen molar-refractivity contribution in [3.8, 4) is 5.69 Å². The minimum Gasteiger partial charge on any atom is -0.454 e. The van der Waals surface area contributed by atoms with E-state index in [0.29, 0.717) is 11.4 Å². The highest BCUT2D eigenvalue weighted by atomic mass is 19.1. The Balaban J connectivity index is 1.61. The quantitative estimate of drug-likeness (QED) is 0.686. The van der Waals surface area contributed by atoms with Gasteiger partial charge >= 0.3 is 5.97 Å². The maximum atomic E-state index is 13.2.